The summed E-state index contributed by atoms with van der Waals surface area (Å²) in [6.07, 6.45) is 1.73. The summed E-state index contributed by atoms with van der Waals surface area (Å²) in [7, 11) is 1.60. The third kappa shape index (κ3) is 5.61. The zero-order valence-electron chi connectivity index (χ0n) is 12.6. The molecule has 2 N–H and O–H groups in total. The van der Waals surface area contributed by atoms with Crippen molar-refractivity contribution in [3.05, 3.63) is 29.8 Å². The van der Waals surface area contributed by atoms with Crippen LogP contribution >= 0.6 is 0 Å². The van der Waals surface area contributed by atoms with Gasteiger partial charge in [-0.3, -0.25) is 4.79 Å². The lowest BCUT2D eigenvalue weighted by Crippen LogP contribution is -2.30. The maximum Gasteiger partial charge on any atom is 0.251 e. The first-order chi connectivity index (χ1) is 9.56. The minimum Gasteiger partial charge on any atom is -0.497 e. The minimum absolute atomic E-state index is 0.0839. The molecule has 4 nitrogen and oxygen atoms in total. The highest BCUT2D eigenvalue weighted by molar-refractivity contribution is 5.94. The molecule has 0 spiro atoms. The van der Waals surface area contributed by atoms with E-state index in [0.29, 0.717) is 23.9 Å². The molecular formula is C16H25NO3. The Morgan fingerprint density at radius 2 is 1.95 bits per heavy atom. The summed E-state index contributed by atoms with van der Waals surface area (Å²) < 4.78 is 5.06. The summed E-state index contributed by atoms with van der Waals surface area (Å²) in [5.74, 6) is 1.53. The predicted octanol–water partition coefficient (Wildman–Crippen LogP) is 2.47. The molecule has 112 valence electrons. The third-order valence-electron chi connectivity index (χ3n) is 3.25. The highest BCUT2D eigenvalue weighted by Crippen LogP contribution is 2.15. The van der Waals surface area contributed by atoms with Crippen LogP contribution in [0.4, 0.5) is 0 Å². The number of ether oxygens (including phenoxy) is 1. The quantitative estimate of drug-likeness (QED) is 0.768. The maximum atomic E-state index is 12.0. The summed E-state index contributed by atoms with van der Waals surface area (Å²) in [6.45, 7) is 5.06. The fourth-order valence-electron chi connectivity index (χ4n) is 2.23. The van der Waals surface area contributed by atoms with Crippen LogP contribution in [0.3, 0.4) is 0 Å². The van der Waals surface area contributed by atoms with Crippen molar-refractivity contribution in [2.24, 2.45) is 11.8 Å². The molecule has 20 heavy (non-hydrogen) atoms. The zero-order chi connectivity index (χ0) is 15.0. The van der Waals surface area contributed by atoms with Crippen molar-refractivity contribution in [3.63, 3.8) is 0 Å². The van der Waals surface area contributed by atoms with Crippen LogP contribution < -0.4 is 10.1 Å². The second-order valence-electron chi connectivity index (χ2n) is 5.45. The van der Waals surface area contributed by atoms with E-state index in [0.717, 1.165) is 18.6 Å². The average Bonchev–Trinajstić information content (AvgIpc) is 2.44. The number of aliphatic hydroxyl groups is 1. The second kappa shape index (κ2) is 8.59. The molecule has 0 heterocycles. The van der Waals surface area contributed by atoms with Crippen molar-refractivity contribution in [3.8, 4) is 5.75 Å². The smallest absolute Gasteiger partial charge is 0.251 e. The average molecular weight is 279 g/mol. The van der Waals surface area contributed by atoms with Crippen LogP contribution in [0.2, 0.25) is 0 Å². The molecule has 0 aliphatic heterocycles. The number of nitrogens with one attached hydrogen (secondary N) is 1. The van der Waals surface area contributed by atoms with E-state index >= 15 is 0 Å². The molecule has 0 aromatic heterocycles. The molecule has 0 aliphatic carbocycles. The van der Waals surface area contributed by atoms with Gasteiger partial charge in [0.1, 0.15) is 5.75 Å². The molecule has 0 aliphatic rings. The molecule has 1 atom stereocenters. The van der Waals surface area contributed by atoms with Gasteiger partial charge in [0, 0.05) is 18.7 Å². The van der Waals surface area contributed by atoms with Gasteiger partial charge in [0.15, 0.2) is 0 Å². The van der Waals surface area contributed by atoms with Crippen LogP contribution in [0.1, 0.15) is 37.0 Å². The van der Waals surface area contributed by atoms with Crippen molar-refractivity contribution < 1.29 is 14.6 Å². The zero-order valence-corrected chi connectivity index (χ0v) is 12.6. The van der Waals surface area contributed by atoms with E-state index in [1.165, 1.54) is 0 Å². The first-order valence-electron chi connectivity index (χ1n) is 7.10. The van der Waals surface area contributed by atoms with E-state index in [1.54, 1.807) is 31.4 Å². The van der Waals surface area contributed by atoms with Crippen molar-refractivity contribution in [2.45, 2.75) is 26.7 Å². The van der Waals surface area contributed by atoms with Crippen molar-refractivity contribution in [1.82, 2.24) is 5.32 Å². The van der Waals surface area contributed by atoms with E-state index in [1.807, 2.05) is 0 Å². The van der Waals surface area contributed by atoms with Gasteiger partial charge in [-0.1, -0.05) is 13.8 Å². The van der Waals surface area contributed by atoms with Gasteiger partial charge in [-0.25, -0.2) is 0 Å². The molecule has 1 aromatic carbocycles. The van der Waals surface area contributed by atoms with Crippen LogP contribution in [0.15, 0.2) is 24.3 Å². The number of hydrogen-bond acceptors (Lipinski definition) is 3. The Hall–Kier alpha value is -1.55. The highest BCUT2D eigenvalue weighted by atomic mass is 16.5. The minimum atomic E-state index is -0.0839. The van der Waals surface area contributed by atoms with E-state index in [9.17, 15) is 4.79 Å². The van der Waals surface area contributed by atoms with Crippen LogP contribution in [-0.2, 0) is 0 Å². The molecule has 1 unspecified atom stereocenters. The molecule has 1 rings (SSSR count). The molecule has 4 heteroatoms. The molecule has 0 bridgehead atoms. The lowest BCUT2D eigenvalue weighted by Gasteiger charge is -2.18. The maximum absolute atomic E-state index is 12.0. The molecule has 1 aromatic rings. The number of rotatable bonds is 8. The highest BCUT2D eigenvalue weighted by Gasteiger charge is 2.13. The van der Waals surface area contributed by atoms with Gasteiger partial charge in [0.2, 0.25) is 0 Å². The first-order valence-corrected chi connectivity index (χ1v) is 7.10. The van der Waals surface area contributed by atoms with Crippen LogP contribution in [0.5, 0.6) is 5.75 Å². The van der Waals surface area contributed by atoms with Gasteiger partial charge in [-0.05, 0) is 48.9 Å². The Morgan fingerprint density at radius 3 is 2.45 bits per heavy atom. The van der Waals surface area contributed by atoms with Crippen molar-refractivity contribution >= 4 is 5.91 Å². The molecule has 0 radical (unpaired) electrons. The predicted molar refractivity (Wildman–Crippen MR) is 80.0 cm³/mol. The summed E-state index contributed by atoms with van der Waals surface area (Å²) in [5, 5.41) is 12.0. The van der Waals surface area contributed by atoms with Crippen LogP contribution in [0.25, 0.3) is 0 Å². The van der Waals surface area contributed by atoms with Crippen LogP contribution in [0, 0.1) is 11.8 Å². The lowest BCUT2D eigenvalue weighted by molar-refractivity contribution is 0.0941. The summed E-state index contributed by atoms with van der Waals surface area (Å²) in [4.78, 5) is 12.0. The molecule has 0 fully saturated rings. The second-order valence-corrected chi connectivity index (χ2v) is 5.45. The molecular weight excluding hydrogens is 254 g/mol. The van der Waals surface area contributed by atoms with Gasteiger partial charge in [-0.2, -0.15) is 0 Å². The number of amides is 1. The van der Waals surface area contributed by atoms with E-state index in [4.69, 9.17) is 9.84 Å². The number of aliphatic hydroxyl groups excluding tert-OH is 1. The Kier molecular flexibility index (Phi) is 7.09. The summed E-state index contributed by atoms with van der Waals surface area (Å²) in [6, 6.07) is 7.04. The normalized spacial score (nSPS) is 12.2. The van der Waals surface area contributed by atoms with E-state index in [-0.39, 0.29) is 12.5 Å². The summed E-state index contributed by atoms with van der Waals surface area (Å²) >= 11 is 0. The van der Waals surface area contributed by atoms with Crippen LogP contribution in [-0.4, -0.2) is 31.3 Å². The van der Waals surface area contributed by atoms with Gasteiger partial charge in [-0.15, -0.1) is 0 Å². The number of carbonyl (C=O) groups is 1. The topological polar surface area (TPSA) is 58.6 Å². The fourth-order valence-corrected chi connectivity index (χ4v) is 2.23. The monoisotopic (exact) mass is 279 g/mol. The standard InChI is InChI=1S/C16H25NO3/c1-12(2)10-13(8-9-18)11-17-16(19)14-4-6-15(20-3)7-5-14/h4-7,12-13,18H,8-11H2,1-3H3,(H,17,19). The fraction of sp³-hybridized carbons (Fsp3) is 0.562. The number of benzene rings is 1. The number of hydrogen-bond donors (Lipinski definition) is 2. The molecule has 1 amide bonds. The van der Waals surface area contributed by atoms with Gasteiger partial charge < -0.3 is 15.2 Å². The Bertz CT molecular complexity index is 401. The van der Waals surface area contributed by atoms with Gasteiger partial charge in [0.25, 0.3) is 5.91 Å². The van der Waals surface area contributed by atoms with E-state index < -0.39 is 0 Å². The molecule has 0 saturated heterocycles. The first kappa shape index (κ1) is 16.5. The Morgan fingerprint density at radius 1 is 1.30 bits per heavy atom. The number of methoxy groups -OCH3 is 1. The number of carbonyl (C=O) groups excluding carboxylic acids is 1. The SMILES string of the molecule is COc1ccc(C(=O)NCC(CCO)CC(C)C)cc1. The lowest BCUT2D eigenvalue weighted by atomic mass is 9.94. The van der Waals surface area contributed by atoms with E-state index in [2.05, 4.69) is 19.2 Å². The van der Waals surface area contributed by atoms with Gasteiger partial charge >= 0.3 is 0 Å². The third-order valence-corrected chi connectivity index (χ3v) is 3.25. The van der Waals surface area contributed by atoms with Crippen molar-refractivity contribution in [1.29, 1.82) is 0 Å². The largest absolute Gasteiger partial charge is 0.497 e. The van der Waals surface area contributed by atoms with Gasteiger partial charge in [0.05, 0.1) is 7.11 Å². The Balaban J connectivity index is 2.51. The molecule has 0 saturated carbocycles. The van der Waals surface area contributed by atoms with Crippen molar-refractivity contribution in [2.75, 3.05) is 20.3 Å². The Labute approximate surface area is 121 Å². The summed E-state index contributed by atoms with van der Waals surface area (Å²) in [5.41, 5.74) is 0.623.